The normalized spacial score (nSPS) is 14.2. The third-order valence-electron chi connectivity index (χ3n) is 3.12. The van der Waals surface area contributed by atoms with Crippen molar-refractivity contribution < 1.29 is 19.4 Å². The van der Waals surface area contributed by atoms with Gasteiger partial charge in [-0.1, -0.05) is 18.2 Å². The fourth-order valence-corrected chi connectivity index (χ4v) is 1.98. The highest BCUT2D eigenvalue weighted by Crippen LogP contribution is 2.27. The van der Waals surface area contributed by atoms with Gasteiger partial charge < -0.3 is 14.7 Å². The number of amides is 1. The summed E-state index contributed by atoms with van der Waals surface area (Å²) in [5.41, 5.74) is 0.787. The van der Waals surface area contributed by atoms with Crippen molar-refractivity contribution in [3.63, 3.8) is 0 Å². The van der Waals surface area contributed by atoms with Gasteiger partial charge in [-0.2, -0.15) is 0 Å². The van der Waals surface area contributed by atoms with Crippen LogP contribution >= 0.6 is 0 Å². The molecular formula is C15H17NO4. The highest BCUT2D eigenvalue weighted by atomic mass is 16.5. The predicted molar refractivity (Wildman–Crippen MR) is 74.4 cm³/mol. The summed E-state index contributed by atoms with van der Waals surface area (Å²) in [6.45, 7) is -0.250. The highest BCUT2D eigenvalue weighted by molar-refractivity contribution is 5.94. The first-order valence-corrected chi connectivity index (χ1v) is 6.45. The lowest BCUT2D eigenvalue weighted by Gasteiger charge is -2.18. The molecule has 1 fully saturated rings. The molecule has 1 aliphatic rings. The Hall–Kier alpha value is -2.30. The maximum atomic E-state index is 12.1. The van der Waals surface area contributed by atoms with Gasteiger partial charge in [-0.25, -0.2) is 0 Å². The first kappa shape index (κ1) is 14.1. The second-order valence-electron chi connectivity index (χ2n) is 4.67. The van der Waals surface area contributed by atoms with E-state index in [4.69, 9.17) is 9.84 Å². The molecule has 5 heteroatoms. The number of carboxylic acids is 1. The van der Waals surface area contributed by atoms with Crippen molar-refractivity contribution in [2.75, 3.05) is 13.7 Å². The molecule has 0 unspecified atom stereocenters. The smallest absolute Gasteiger partial charge is 0.323 e. The molecule has 20 heavy (non-hydrogen) atoms. The molecule has 0 bridgehead atoms. The average molecular weight is 275 g/mol. The Morgan fingerprint density at radius 3 is 2.70 bits per heavy atom. The van der Waals surface area contributed by atoms with E-state index in [1.807, 2.05) is 18.2 Å². The quantitative estimate of drug-likeness (QED) is 0.804. The van der Waals surface area contributed by atoms with Gasteiger partial charge in [0.25, 0.3) is 0 Å². The van der Waals surface area contributed by atoms with Gasteiger partial charge in [0.05, 0.1) is 7.11 Å². The third kappa shape index (κ3) is 3.60. The Labute approximate surface area is 117 Å². The number of hydrogen-bond donors (Lipinski definition) is 1. The molecule has 0 aromatic heterocycles. The molecule has 1 aliphatic carbocycles. The number of carbonyl (C=O) groups is 2. The first-order chi connectivity index (χ1) is 9.61. The zero-order valence-electron chi connectivity index (χ0n) is 11.3. The van der Waals surface area contributed by atoms with Gasteiger partial charge in [0, 0.05) is 17.7 Å². The number of benzene rings is 1. The summed E-state index contributed by atoms with van der Waals surface area (Å²) in [7, 11) is 1.56. The molecule has 0 heterocycles. The Bertz CT molecular complexity index is 534. The summed E-state index contributed by atoms with van der Waals surface area (Å²) in [5, 5.41) is 8.84. The van der Waals surface area contributed by atoms with Crippen LogP contribution in [0.2, 0.25) is 0 Å². The molecule has 1 N–H and O–H groups in total. The molecular weight excluding hydrogens is 258 g/mol. The van der Waals surface area contributed by atoms with Gasteiger partial charge in [-0.3, -0.25) is 9.59 Å². The van der Waals surface area contributed by atoms with E-state index in [0.717, 1.165) is 18.4 Å². The number of ether oxygens (including phenoxy) is 1. The third-order valence-corrected chi connectivity index (χ3v) is 3.12. The van der Waals surface area contributed by atoms with Crippen LogP contribution in [-0.4, -0.2) is 41.6 Å². The average Bonchev–Trinajstić information content (AvgIpc) is 3.26. The largest absolute Gasteiger partial charge is 0.496 e. The van der Waals surface area contributed by atoms with Crippen LogP contribution in [-0.2, 0) is 9.59 Å². The van der Waals surface area contributed by atoms with E-state index in [9.17, 15) is 9.59 Å². The summed E-state index contributed by atoms with van der Waals surface area (Å²) >= 11 is 0. The lowest BCUT2D eigenvalue weighted by atomic mass is 10.2. The van der Waals surface area contributed by atoms with E-state index in [0.29, 0.717) is 5.75 Å². The molecule has 0 aliphatic heterocycles. The minimum absolute atomic E-state index is 0.0703. The van der Waals surface area contributed by atoms with Crippen molar-refractivity contribution in [1.29, 1.82) is 0 Å². The first-order valence-electron chi connectivity index (χ1n) is 6.45. The van der Waals surface area contributed by atoms with Crippen molar-refractivity contribution in [3.8, 4) is 5.75 Å². The van der Waals surface area contributed by atoms with Crippen molar-refractivity contribution >= 4 is 18.0 Å². The minimum Gasteiger partial charge on any atom is -0.496 e. The number of hydrogen-bond acceptors (Lipinski definition) is 3. The van der Waals surface area contributed by atoms with Crippen molar-refractivity contribution in [2.24, 2.45) is 0 Å². The summed E-state index contributed by atoms with van der Waals surface area (Å²) in [6, 6.07) is 7.41. The Morgan fingerprint density at radius 2 is 2.10 bits per heavy atom. The summed E-state index contributed by atoms with van der Waals surface area (Å²) in [6.07, 6.45) is 4.81. The Kier molecular flexibility index (Phi) is 4.40. The second kappa shape index (κ2) is 6.23. The number of aliphatic carboxylic acids is 1. The molecule has 0 spiro atoms. The van der Waals surface area contributed by atoms with Crippen LogP contribution in [0.1, 0.15) is 18.4 Å². The van der Waals surface area contributed by atoms with E-state index < -0.39 is 5.97 Å². The lowest BCUT2D eigenvalue weighted by molar-refractivity contribution is -0.143. The predicted octanol–water partition coefficient (Wildman–Crippen LogP) is 1.78. The van der Waals surface area contributed by atoms with Gasteiger partial charge in [0.2, 0.25) is 5.91 Å². The maximum absolute atomic E-state index is 12.1. The van der Waals surface area contributed by atoms with Crippen molar-refractivity contribution in [2.45, 2.75) is 18.9 Å². The monoisotopic (exact) mass is 275 g/mol. The topological polar surface area (TPSA) is 66.8 Å². The molecule has 0 atom stereocenters. The molecule has 1 saturated carbocycles. The van der Waals surface area contributed by atoms with E-state index >= 15 is 0 Å². The van der Waals surface area contributed by atoms with Gasteiger partial charge in [-0.05, 0) is 25.0 Å². The fraction of sp³-hybridized carbons (Fsp3) is 0.333. The number of methoxy groups -OCH3 is 1. The highest BCUT2D eigenvalue weighted by Gasteiger charge is 2.32. The molecule has 1 aromatic carbocycles. The summed E-state index contributed by atoms with van der Waals surface area (Å²) in [5.74, 6) is -0.593. The Balaban J connectivity index is 2.08. The van der Waals surface area contributed by atoms with E-state index in [1.54, 1.807) is 19.3 Å². The van der Waals surface area contributed by atoms with Gasteiger partial charge in [0.15, 0.2) is 0 Å². The van der Waals surface area contributed by atoms with Crippen LogP contribution in [0.3, 0.4) is 0 Å². The zero-order chi connectivity index (χ0) is 14.5. The molecule has 1 amide bonds. The molecule has 1 aromatic rings. The number of rotatable bonds is 6. The summed E-state index contributed by atoms with van der Waals surface area (Å²) in [4.78, 5) is 24.2. The molecule has 106 valence electrons. The molecule has 0 radical (unpaired) electrons. The van der Waals surface area contributed by atoms with Crippen molar-refractivity contribution in [3.05, 3.63) is 35.9 Å². The number of carbonyl (C=O) groups excluding carboxylic acids is 1. The van der Waals surface area contributed by atoms with Crippen LogP contribution < -0.4 is 4.74 Å². The standard InChI is InChI=1S/C15H17NO4/c1-20-13-5-3-2-4-11(13)6-9-14(17)16(10-15(18)19)12-7-8-12/h2-6,9,12H,7-8,10H2,1H3,(H,18,19)/b9-6-. The molecule has 2 rings (SSSR count). The van der Waals surface area contributed by atoms with Gasteiger partial charge in [0.1, 0.15) is 12.3 Å². The van der Waals surface area contributed by atoms with Crippen LogP contribution in [0, 0.1) is 0 Å². The number of carboxylic acid groups (broad SMARTS) is 1. The second-order valence-corrected chi connectivity index (χ2v) is 4.67. The SMILES string of the molecule is COc1ccccc1/C=C\C(=O)N(CC(=O)O)C1CC1. The molecule has 0 saturated heterocycles. The van der Waals surface area contributed by atoms with E-state index in [1.165, 1.54) is 11.0 Å². The lowest BCUT2D eigenvalue weighted by Crippen LogP contribution is -2.36. The zero-order valence-corrected chi connectivity index (χ0v) is 11.3. The number of nitrogens with zero attached hydrogens (tertiary/aromatic N) is 1. The van der Waals surface area contributed by atoms with Crippen molar-refractivity contribution in [1.82, 2.24) is 4.90 Å². The van der Waals surface area contributed by atoms with Crippen LogP contribution in [0.25, 0.3) is 6.08 Å². The maximum Gasteiger partial charge on any atom is 0.323 e. The van der Waals surface area contributed by atoms with Gasteiger partial charge in [-0.15, -0.1) is 0 Å². The van der Waals surface area contributed by atoms with E-state index in [2.05, 4.69) is 0 Å². The van der Waals surface area contributed by atoms with Gasteiger partial charge >= 0.3 is 5.97 Å². The summed E-state index contributed by atoms with van der Waals surface area (Å²) < 4.78 is 5.19. The van der Waals surface area contributed by atoms with E-state index in [-0.39, 0.29) is 18.5 Å². The Morgan fingerprint density at radius 1 is 1.40 bits per heavy atom. The number of para-hydroxylation sites is 1. The van der Waals surface area contributed by atoms with Crippen LogP contribution in [0.15, 0.2) is 30.3 Å². The van der Waals surface area contributed by atoms with Crippen LogP contribution in [0.4, 0.5) is 0 Å². The minimum atomic E-state index is -0.990. The molecule has 5 nitrogen and oxygen atoms in total. The van der Waals surface area contributed by atoms with Crippen LogP contribution in [0.5, 0.6) is 5.75 Å². The fourth-order valence-electron chi connectivity index (χ4n) is 1.98.